The van der Waals surface area contributed by atoms with Crippen LogP contribution in [0, 0.1) is 12.3 Å². The van der Waals surface area contributed by atoms with Crippen LogP contribution in [0.5, 0.6) is 0 Å². The minimum Gasteiger partial charge on any atom is -0.305 e. The van der Waals surface area contributed by atoms with Crippen LogP contribution in [-0.4, -0.2) is 23.6 Å². The topological polar surface area (TPSA) is 12.0 Å². The molecule has 0 aromatic rings. The maximum atomic E-state index is 5.08. The molecular formula is C9H17NS. The SMILES string of the molecule is C#CCNCCSC(C)(C)C. The van der Waals surface area contributed by atoms with E-state index in [1.807, 2.05) is 11.8 Å². The third-order valence-corrected chi connectivity index (χ3v) is 2.32. The van der Waals surface area contributed by atoms with Crippen LogP contribution >= 0.6 is 11.8 Å². The summed E-state index contributed by atoms with van der Waals surface area (Å²) in [6.07, 6.45) is 5.08. The Hall–Kier alpha value is -0.130. The maximum absolute atomic E-state index is 5.08. The fourth-order valence-electron chi connectivity index (χ4n) is 0.590. The van der Waals surface area contributed by atoms with Gasteiger partial charge in [0, 0.05) is 17.0 Å². The fraction of sp³-hybridized carbons (Fsp3) is 0.778. The summed E-state index contributed by atoms with van der Waals surface area (Å²) in [5.74, 6) is 3.68. The normalized spacial score (nSPS) is 11.1. The molecule has 0 aliphatic rings. The summed E-state index contributed by atoms with van der Waals surface area (Å²) >= 11 is 1.95. The lowest BCUT2D eigenvalue weighted by atomic mass is 10.3. The molecule has 1 nitrogen and oxygen atoms in total. The lowest BCUT2D eigenvalue weighted by Gasteiger charge is -2.17. The summed E-state index contributed by atoms with van der Waals surface area (Å²) in [7, 11) is 0. The Balaban J connectivity index is 3.10. The predicted molar refractivity (Wildman–Crippen MR) is 53.9 cm³/mol. The third-order valence-electron chi connectivity index (χ3n) is 1.04. The van der Waals surface area contributed by atoms with Gasteiger partial charge in [-0.1, -0.05) is 26.7 Å². The van der Waals surface area contributed by atoms with Crippen LogP contribution < -0.4 is 5.32 Å². The second-order valence-electron chi connectivity index (χ2n) is 3.34. The molecule has 0 aromatic carbocycles. The van der Waals surface area contributed by atoms with Crippen molar-refractivity contribution in [1.29, 1.82) is 0 Å². The van der Waals surface area contributed by atoms with Crippen LogP contribution in [0.3, 0.4) is 0 Å². The fourth-order valence-corrected chi connectivity index (χ4v) is 1.45. The zero-order valence-electron chi connectivity index (χ0n) is 7.61. The van der Waals surface area contributed by atoms with Gasteiger partial charge in [0.15, 0.2) is 0 Å². The van der Waals surface area contributed by atoms with E-state index in [9.17, 15) is 0 Å². The third kappa shape index (κ3) is 9.87. The first-order valence-electron chi connectivity index (χ1n) is 3.84. The van der Waals surface area contributed by atoms with Crippen LogP contribution in [0.1, 0.15) is 20.8 Å². The molecule has 0 bridgehead atoms. The molecule has 0 spiro atoms. The number of nitrogens with one attached hydrogen (secondary N) is 1. The molecule has 0 saturated heterocycles. The van der Waals surface area contributed by atoms with Crippen LogP contribution in [-0.2, 0) is 0 Å². The molecule has 0 saturated carbocycles. The number of rotatable bonds is 4. The van der Waals surface area contributed by atoms with Crippen LogP contribution in [0.15, 0.2) is 0 Å². The summed E-state index contributed by atoms with van der Waals surface area (Å²) in [6.45, 7) is 8.35. The lowest BCUT2D eigenvalue weighted by Crippen LogP contribution is -2.19. The monoisotopic (exact) mass is 171 g/mol. The van der Waals surface area contributed by atoms with Crippen molar-refractivity contribution < 1.29 is 0 Å². The molecule has 0 heterocycles. The largest absolute Gasteiger partial charge is 0.305 e. The van der Waals surface area contributed by atoms with Crippen molar-refractivity contribution in [3.63, 3.8) is 0 Å². The minimum atomic E-state index is 0.373. The maximum Gasteiger partial charge on any atom is 0.0574 e. The van der Waals surface area contributed by atoms with Crippen molar-refractivity contribution in [3.8, 4) is 12.3 Å². The zero-order valence-corrected chi connectivity index (χ0v) is 8.42. The molecule has 0 radical (unpaired) electrons. The Labute approximate surface area is 74.3 Å². The summed E-state index contributed by atoms with van der Waals surface area (Å²) in [5.41, 5.74) is 0. The molecular weight excluding hydrogens is 154 g/mol. The lowest BCUT2D eigenvalue weighted by molar-refractivity contribution is 0.783. The van der Waals surface area contributed by atoms with Gasteiger partial charge in [-0.3, -0.25) is 0 Å². The van der Waals surface area contributed by atoms with E-state index < -0.39 is 0 Å². The van der Waals surface area contributed by atoms with Crippen LogP contribution in [0.25, 0.3) is 0 Å². The zero-order chi connectivity index (χ0) is 8.74. The molecule has 1 N–H and O–H groups in total. The van der Waals surface area contributed by atoms with Crippen molar-refractivity contribution in [3.05, 3.63) is 0 Å². The molecule has 0 unspecified atom stereocenters. The molecule has 0 aliphatic heterocycles. The van der Waals surface area contributed by atoms with Gasteiger partial charge in [-0.05, 0) is 0 Å². The molecule has 0 fully saturated rings. The standard InChI is InChI=1S/C9H17NS/c1-5-6-10-7-8-11-9(2,3)4/h1,10H,6-8H2,2-4H3. The van der Waals surface area contributed by atoms with Crippen LogP contribution in [0.4, 0.5) is 0 Å². The highest BCUT2D eigenvalue weighted by Gasteiger charge is 2.08. The molecule has 0 amide bonds. The second-order valence-corrected chi connectivity index (χ2v) is 5.26. The highest BCUT2D eigenvalue weighted by molar-refractivity contribution is 8.00. The molecule has 0 atom stereocenters. The number of thioether (sulfide) groups is 1. The van der Waals surface area contributed by atoms with Gasteiger partial charge in [-0.25, -0.2) is 0 Å². The highest BCUT2D eigenvalue weighted by Crippen LogP contribution is 2.21. The van der Waals surface area contributed by atoms with Crippen molar-refractivity contribution in [2.24, 2.45) is 0 Å². The van der Waals surface area contributed by atoms with Gasteiger partial charge in [0.25, 0.3) is 0 Å². The van der Waals surface area contributed by atoms with Gasteiger partial charge in [0.1, 0.15) is 0 Å². The predicted octanol–water partition coefficient (Wildman–Crippen LogP) is 1.74. The summed E-state index contributed by atoms with van der Waals surface area (Å²) in [4.78, 5) is 0. The Morgan fingerprint density at radius 3 is 2.55 bits per heavy atom. The molecule has 0 rings (SSSR count). The van der Waals surface area contributed by atoms with E-state index in [2.05, 4.69) is 32.0 Å². The first kappa shape index (κ1) is 10.9. The van der Waals surface area contributed by atoms with E-state index in [0.29, 0.717) is 11.3 Å². The number of hydrogen-bond acceptors (Lipinski definition) is 2. The minimum absolute atomic E-state index is 0.373. The summed E-state index contributed by atoms with van der Waals surface area (Å²) in [6, 6.07) is 0. The van der Waals surface area contributed by atoms with Gasteiger partial charge in [0.2, 0.25) is 0 Å². The summed E-state index contributed by atoms with van der Waals surface area (Å²) < 4.78 is 0.373. The van der Waals surface area contributed by atoms with E-state index >= 15 is 0 Å². The van der Waals surface area contributed by atoms with E-state index in [4.69, 9.17) is 6.42 Å². The highest BCUT2D eigenvalue weighted by atomic mass is 32.2. The van der Waals surface area contributed by atoms with Gasteiger partial charge in [-0.15, -0.1) is 6.42 Å². The van der Waals surface area contributed by atoms with Gasteiger partial charge in [-0.2, -0.15) is 11.8 Å². The average molecular weight is 171 g/mol. The van der Waals surface area contributed by atoms with Crippen molar-refractivity contribution >= 4 is 11.8 Å². The molecule has 64 valence electrons. The Morgan fingerprint density at radius 2 is 2.09 bits per heavy atom. The molecule has 11 heavy (non-hydrogen) atoms. The Bertz CT molecular complexity index is 129. The van der Waals surface area contributed by atoms with E-state index in [1.54, 1.807) is 0 Å². The molecule has 0 aromatic heterocycles. The van der Waals surface area contributed by atoms with E-state index in [0.717, 1.165) is 12.3 Å². The quantitative estimate of drug-likeness (QED) is 0.511. The van der Waals surface area contributed by atoms with E-state index in [-0.39, 0.29) is 0 Å². The van der Waals surface area contributed by atoms with Gasteiger partial charge in [0.05, 0.1) is 6.54 Å². The first-order valence-corrected chi connectivity index (χ1v) is 4.83. The Kier molecular flexibility index (Phi) is 5.45. The Morgan fingerprint density at radius 1 is 1.45 bits per heavy atom. The smallest absolute Gasteiger partial charge is 0.0574 e. The van der Waals surface area contributed by atoms with Gasteiger partial charge < -0.3 is 5.32 Å². The summed E-state index contributed by atoms with van der Waals surface area (Å²) in [5, 5.41) is 3.15. The molecule has 0 aliphatic carbocycles. The van der Waals surface area contributed by atoms with Gasteiger partial charge >= 0.3 is 0 Å². The molecule has 2 heteroatoms. The number of terminal acetylenes is 1. The van der Waals surface area contributed by atoms with Crippen molar-refractivity contribution in [1.82, 2.24) is 5.32 Å². The van der Waals surface area contributed by atoms with E-state index in [1.165, 1.54) is 0 Å². The van der Waals surface area contributed by atoms with Crippen LogP contribution in [0.2, 0.25) is 0 Å². The average Bonchev–Trinajstić information content (AvgIpc) is 1.85. The second kappa shape index (κ2) is 5.51. The van der Waals surface area contributed by atoms with Crippen molar-refractivity contribution in [2.45, 2.75) is 25.5 Å². The number of hydrogen-bond donors (Lipinski definition) is 1. The van der Waals surface area contributed by atoms with Crippen molar-refractivity contribution in [2.75, 3.05) is 18.8 Å². The first-order chi connectivity index (χ1) is 5.06.